The minimum Gasteiger partial charge on any atom is -0.492 e. The summed E-state index contributed by atoms with van der Waals surface area (Å²) >= 11 is 1.35. The van der Waals surface area contributed by atoms with Crippen molar-refractivity contribution in [3.05, 3.63) is 70.9 Å². The topological polar surface area (TPSA) is 83.0 Å². The summed E-state index contributed by atoms with van der Waals surface area (Å²) in [6.07, 6.45) is 4.74. The highest BCUT2D eigenvalue weighted by atomic mass is 32.2. The molecular weight excluding hydrogens is 470 g/mol. The third kappa shape index (κ3) is 4.60. The van der Waals surface area contributed by atoms with Crippen LogP contribution in [0.25, 0.3) is 17.0 Å². The van der Waals surface area contributed by atoms with E-state index < -0.39 is 5.91 Å². The number of fused-ring (bicyclic) bond motifs is 2. The van der Waals surface area contributed by atoms with E-state index in [1.807, 2.05) is 38.2 Å². The van der Waals surface area contributed by atoms with Gasteiger partial charge in [-0.3, -0.25) is 10.2 Å². The maximum absolute atomic E-state index is 12.9. The predicted molar refractivity (Wildman–Crippen MR) is 148 cm³/mol. The van der Waals surface area contributed by atoms with Crippen molar-refractivity contribution in [2.75, 3.05) is 6.61 Å². The first-order valence-electron chi connectivity index (χ1n) is 12.2. The van der Waals surface area contributed by atoms with E-state index in [-0.39, 0.29) is 17.3 Å². The number of aromatic nitrogens is 1. The highest BCUT2D eigenvalue weighted by molar-refractivity contribution is 8.27. The molecule has 2 aliphatic heterocycles. The quantitative estimate of drug-likeness (QED) is 0.412. The Balaban J connectivity index is 1.41. The van der Waals surface area contributed by atoms with Gasteiger partial charge in [-0.2, -0.15) is 15.1 Å². The fourth-order valence-electron chi connectivity index (χ4n) is 4.34. The van der Waals surface area contributed by atoms with E-state index in [9.17, 15) is 4.79 Å². The summed E-state index contributed by atoms with van der Waals surface area (Å²) in [6.45, 7) is 9.46. The van der Waals surface area contributed by atoms with Crippen LogP contribution in [0.2, 0.25) is 0 Å². The number of para-hydroxylation sites is 1. The number of ether oxygens (including phenoxy) is 1. The Kier molecular flexibility index (Phi) is 6.53. The molecule has 8 heteroatoms. The number of hydrazone groups is 1. The van der Waals surface area contributed by atoms with Gasteiger partial charge in [-0.15, -0.1) is 0 Å². The lowest BCUT2D eigenvalue weighted by molar-refractivity contribution is -0.114. The molecule has 36 heavy (non-hydrogen) atoms. The minimum absolute atomic E-state index is 0.0551. The van der Waals surface area contributed by atoms with Crippen LogP contribution in [-0.2, 0) is 17.8 Å². The van der Waals surface area contributed by atoms with Gasteiger partial charge >= 0.3 is 0 Å². The molecular formula is C28H29N5O2S. The zero-order chi connectivity index (χ0) is 25.4. The van der Waals surface area contributed by atoms with Crippen LogP contribution in [-0.4, -0.2) is 38.1 Å². The van der Waals surface area contributed by atoms with E-state index in [0.29, 0.717) is 18.3 Å². The Bertz CT molecular complexity index is 1460. The average Bonchev–Trinajstić information content (AvgIpc) is 3.44. The lowest BCUT2D eigenvalue weighted by Gasteiger charge is -2.20. The molecule has 3 heterocycles. The number of amidine groups is 2. The number of hydrogen-bond donors (Lipinski definition) is 1. The molecule has 1 N–H and O–H groups in total. The van der Waals surface area contributed by atoms with Crippen molar-refractivity contribution >= 4 is 50.7 Å². The van der Waals surface area contributed by atoms with Crippen LogP contribution in [0, 0.1) is 18.3 Å². The Morgan fingerprint density at radius 3 is 2.78 bits per heavy atom. The normalized spacial score (nSPS) is 16.7. The minimum atomic E-state index is -0.412. The summed E-state index contributed by atoms with van der Waals surface area (Å²) in [4.78, 5) is 17.1. The number of amides is 1. The van der Waals surface area contributed by atoms with Crippen molar-refractivity contribution in [1.29, 1.82) is 5.41 Å². The van der Waals surface area contributed by atoms with Gasteiger partial charge in [-0.05, 0) is 60.5 Å². The van der Waals surface area contributed by atoms with Crippen LogP contribution < -0.4 is 4.74 Å². The second-order valence-electron chi connectivity index (χ2n) is 9.26. The molecule has 1 amide bonds. The Labute approximate surface area is 215 Å². The molecule has 184 valence electrons. The third-order valence-electron chi connectivity index (χ3n) is 6.20. The van der Waals surface area contributed by atoms with Crippen molar-refractivity contribution in [1.82, 2.24) is 9.58 Å². The smallest absolute Gasteiger partial charge is 0.283 e. The number of rotatable bonds is 7. The zero-order valence-corrected chi connectivity index (χ0v) is 21.7. The van der Waals surface area contributed by atoms with Crippen molar-refractivity contribution < 1.29 is 9.53 Å². The van der Waals surface area contributed by atoms with Gasteiger partial charge in [0.25, 0.3) is 5.91 Å². The van der Waals surface area contributed by atoms with Crippen LogP contribution in [0.3, 0.4) is 0 Å². The molecule has 1 aromatic heterocycles. The van der Waals surface area contributed by atoms with E-state index in [1.165, 1.54) is 27.9 Å². The zero-order valence-electron chi connectivity index (χ0n) is 20.9. The molecule has 3 aromatic rings. The van der Waals surface area contributed by atoms with Crippen LogP contribution >= 0.6 is 11.8 Å². The summed E-state index contributed by atoms with van der Waals surface area (Å²) < 4.78 is 8.22. The number of aryl methyl sites for hydroxylation is 2. The summed E-state index contributed by atoms with van der Waals surface area (Å²) in [6, 6.07) is 14.4. The molecule has 0 bridgehead atoms. The van der Waals surface area contributed by atoms with Crippen LogP contribution in [0.1, 0.15) is 37.5 Å². The maximum Gasteiger partial charge on any atom is 0.283 e. The number of thioether (sulfide) groups is 1. The number of carbonyl (C=O) groups is 1. The fourth-order valence-corrected chi connectivity index (χ4v) is 5.24. The highest BCUT2D eigenvalue weighted by Crippen LogP contribution is 2.32. The van der Waals surface area contributed by atoms with Gasteiger partial charge in [0.1, 0.15) is 17.4 Å². The maximum atomic E-state index is 12.9. The SMILES string of the molecule is CCc1cc(C)cc(OCCn2cc(/C=C3/C(=N)N4N=C(C(C)C)SC4=NC3=O)c3ccccc32)c1. The Morgan fingerprint density at radius 1 is 1.19 bits per heavy atom. The second kappa shape index (κ2) is 9.78. The van der Waals surface area contributed by atoms with Gasteiger partial charge in [0, 0.05) is 28.6 Å². The highest BCUT2D eigenvalue weighted by Gasteiger charge is 2.36. The third-order valence-corrected chi connectivity index (χ3v) is 7.41. The van der Waals surface area contributed by atoms with E-state index in [1.54, 1.807) is 6.08 Å². The fraction of sp³-hybridized carbons (Fsp3) is 0.286. The van der Waals surface area contributed by atoms with Crippen molar-refractivity contribution in [3.8, 4) is 5.75 Å². The van der Waals surface area contributed by atoms with E-state index in [2.05, 4.69) is 52.8 Å². The van der Waals surface area contributed by atoms with Gasteiger partial charge in [0.2, 0.25) is 5.17 Å². The van der Waals surface area contributed by atoms with Crippen molar-refractivity contribution in [2.24, 2.45) is 16.0 Å². The summed E-state index contributed by atoms with van der Waals surface area (Å²) in [7, 11) is 0. The summed E-state index contributed by atoms with van der Waals surface area (Å²) in [5, 5.41) is 17.0. The molecule has 0 atom stereocenters. The molecule has 7 nitrogen and oxygen atoms in total. The van der Waals surface area contributed by atoms with Crippen LogP contribution in [0.4, 0.5) is 0 Å². The van der Waals surface area contributed by atoms with Crippen molar-refractivity contribution in [2.45, 2.75) is 40.7 Å². The molecule has 5 rings (SSSR count). The molecule has 0 spiro atoms. The summed E-state index contributed by atoms with van der Waals surface area (Å²) in [5.74, 6) is 0.724. The van der Waals surface area contributed by atoms with Crippen LogP contribution in [0.5, 0.6) is 5.75 Å². The van der Waals surface area contributed by atoms with Crippen molar-refractivity contribution in [3.63, 3.8) is 0 Å². The summed E-state index contributed by atoms with van der Waals surface area (Å²) in [5.41, 5.74) is 4.59. The number of aliphatic imine (C=N–C) groups is 1. The van der Waals surface area contributed by atoms with Gasteiger partial charge in [-0.25, -0.2) is 0 Å². The molecule has 0 fully saturated rings. The van der Waals surface area contributed by atoms with Gasteiger partial charge in [0.15, 0.2) is 5.84 Å². The number of nitrogens with zero attached hydrogens (tertiary/aromatic N) is 4. The largest absolute Gasteiger partial charge is 0.492 e. The van der Waals surface area contributed by atoms with E-state index in [0.717, 1.165) is 33.7 Å². The average molecular weight is 500 g/mol. The molecule has 2 aromatic carbocycles. The lowest BCUT2D eigenvalue weighted by Crippen LogP contribution is -2.35. The molecule has 0 saturated heterocycles. The first-order valence-corrected chi connectivity index (χ1v) is 13.0. The van der Waals surface area contributed by atoms with Gasteiger partial charge in [0.05, 0.1) is 12.1 Å². The molecule has 2 aliphatic rings. The molecule has 0 aliphatic carbocycles. The first kappa shape index (κ1) is 24.1. The number of hydrogen-bond acceptors (Lipinski definition) is 5. The first-order chi connectivity index (χ1) is 17.3. The standard InChI is InChI=1S/C28H29N5O2S/c1-5-19-12-18(4)13-21(14-19)35-11-10-32-16-20(22-8-6-7-9-24(22)32)15-23-25(29)33-28(30-26(23)34)36-27(31-33)17(2)3/h6-9,12-17,29H,5,10-11H2,1-4H3/b23-15-,29-25?. The molecule has 0 unspecified atom stereocenters. The number of benzene rings is 2. The molecule has 0 radical (unpaired) electrons. The van der Waals surface area contributed by atoms with Gasteiger partial charge in [-0.1, -0.05) is 45.0 Å². The second-order valence-corrected chi connectivity index (χ2v) is 10.3. The van der Waals surface area contributed by atoms with E-state index >= 15 is 0 Å². The number of nitrogens with one attached hydrogen (secondary N) is 1. The predicted octanol–water partition coefficient (Wildman–Crippen LogP) is 5.87. The lowest BCUT2D eigenvalue weighted by atomic mass is 10.1. The van der Waals surface area contributed by atoms with E-state index in [4.69, 9.17) is 10.1 Å². The Hall–Kier alpha value is -3.65. The monoisotopic (exact) mass is 499 g/mol. The van der Waals surface area contributed by atoms with Crippen LogP contribution in [0.15, 0.2) is 64.3 Å². The van der Waals surface area contributed by atoms with Gasteiger partial charge < -0.3 is 9.30 Å². The Morgan fingerprint density at radius 2 is 2.00 bits per heavy atom. The molecule has 0 saturated carbocycles. The number of carbonyl (C=O) groups excluding carboxylic acids is 1.